The predicted molar refractivity (Wildman–Crippen MR) is 74.4 cm³/mol. The lowest BCUT2D eigenvalue weighted by Crippen LogP contribution is -2.08. The molecule has 1 heterocycles. The van der Waals surface area contributed by atoms with Gasteiger partial charge in [-0.1, -0.05) is 6.07 Å². The Kier molecular flexibility index (Phi) is 4.94. The Morgan fingerprint density at radius 2 is 2.11 bits per heavy atom. The maximum atomic E-state index is 9.52. The molecule has 1 aromatic heterocycles. The highest BCUT2D eigenvalue weighted by atomic mass is 16.5. The van der Waals surface area contributed by atoms with Crippen LogP contribution in [0.25, 0.3) is 10.8 Å². The van der Waals surface area contributed by atoms with Gasteiger partial charge in [-0.2, -0.15) is 0 Å². The number of hydrogen-bond donors (Lipinski definition) is 3. The molecule has 2 rings (SSSR count). The Labute approximate surface area is 111 Å². The average Bonchev–Trinajstić information content (AvgIpc) is 2.43. The highest BCUT2D eigenvalue weighted by Gasteiger charge is 2.02. The number of phenols is 1. The topological polar surface area (TPSA) is 74.6 Å². The first-order chi connectivity index (χ1) is 9.31. The lowest BCUT2D eigenvalue weighted by Gasteiger charge is -2.09. The highest BCUT2D eigenvalue weighted by molar-refractivity contribution is 5.92. The second kappa shape index (κ2) is 6.92. The molecule has 0 unspecified atom stereocenters. The lowest BCUT2D eigenvalue weighted by molar-refractivity contribution is 0.0922. The number of fused-ring (bicyclic) bond motifs is 1. The van der Waals surface area contributed by atoms with Gasteiger partial charge >= 0.3 is 0 Å². The van der Waals surface area contributed by atoms with Gasteiger partial charge in [0.2, 0.25) is 0 Å². The van der Waals surface area contributed by atoms with Gasteiger partial charge in [-0.3, -0.25) is 0 Å². The molecule has 0 atom stereocenters. The van der Waals surface area contributed by atoms with Crippen LogP contribution in [0.2, 0.25) is 0 Å². The molecule has 0 saturated heterocycles. The first-order valence-corrected chi connectivity index (χ1v) is 6.31. The maximum absolute atomic E-state index is 9.52. The molecule has 2 aromatic rings. The molecule has 0 fully saturated rings. The third kappa shape index (κ3) is 3.81. The summed E-state index contributed by atoms with van der Waals surface area (Å²) in [4.78, 5) is 4.28. The molecule has 5 nitrogen and oxygen atoms in total. The molecule has 0 aliphatic heterocycles. The normalized spacial score (nSPS) is 10.8. The number of aliphatic hydroxyl groups excluding tert-OH is 1. The number of nitrogens with zero attached hydrogens (tertiary/aromatic N) is 1. The van der Waals surface area contributed by atoms with E-state index in [1.54, 1.807) is 18.3 Å². The van der Waals surface area contributed by atoms with Gasteiger partial charge in [0.05, 0.1) is 13.2 Å². The molecule has 0 aliphatic carbocycles. The summed E-state index contributed by atoms with van der Waals surface area (Å²) in [6.45, 7) is 1.76. The molecule has 0 radical (unpaired) electrons. The minimum absolute atomic E-state index is 0.0532. The molecule has 102 valence electrons. The zero-order valence-electron chi connectivity index (χ0n) is 10.7. The fraction of sp³-hybridized carbons (Fsp3) is 0.357. The summed E-state index contributed by atoms with van der Waals surface area (Å²) in [6.07, 6.45) is 2.57. The van der Waals surface area contributed by atoms with Crippen LogP contribution in [-0.2, 0) is 4.74 Å². The van der Waals surface area contributed by atoms with Crippen LogP contribution in [0.15, 0.2) is 30.5 Å². The summed E-state index contributed by atoms with van der Waals surface area (Å²) in [6, 6.07) is 7.13. The van der Waals surface area contributed by atoms with E-state index in [-0.39, 0.29) is 12.4 Å². The fourth-order valence-electron chi connectivity index (χ4n) is 1.84. The Balaban J connectivity index is 1.95. The van der Waals surface area contributed by atoms with E-state index in [4.69, 9.17) is 9.84 Å². The number of benzene rings is 1. The second-order valence-electron chi connectivity index (χ2n) is 4.18. The number of rotatable bonds is 7. The Bertz CT molecular complexity index is 531. The SMILES string of the molecule is OCCOCCCNc1nccc2ccc(O)cc12. The molecule has 1 aromatic carbocycles. The average molecular weight is 262 g/mol. The van der Waals surface area contributed by atoms with E-state index >= 15 is 0 Å². The summed E-state index contributed by atoms with van der Waals surface area (Å²) in [5.74, 6) is 0.991. The molecule has 0 spiro atoms. The van der Waals surface area contributed by atoms with Crippen molar-refractivity contribution in [2.45, 2.75) is 6.42 Å². The number of aliphatic hydroxyl groups is 1. The number of pyridine rings is 1. The van der Waals surface area contributed by atoms with Crippen molar-refractivity contribution < 1.29 is 14.9 Å². The van der Waals surface area contributed by atoms with Crippen molar-refractivity contribution in [3.8, 4) is 5.75 Å². The van der Waals surface area contributed by atoms with Crippen LogP contribution in [0.4, 0.5) is 5.82 Å². The third-order valence-corrected chi connectivity index (χ3v) is 2.74. The summed E-state index contributed by atoms with van der Waals surface area (Å²) in [5.41, 5.74) is 0. The molecule has 0 aliphatic rings. The fourth-order valence-corrected chi connectivity index (χ4v) is 1.84. The zero-order chi connectivity index (χ0) is 13.5. The number of aromatic hydroxyl groups is 1. The monoisotopic (exact) mass is 262 g/mol. The van der Waals surface area contributed by atoms with Gasteiger partial charge in [-0.15, -0.1) is 0 Å². The molecule has 0 bridgehead atoms. The minimum Gasteiger partial charge on any atom is -0.508 e. The van der Waals surface area contributed by atoms with E-state index in [2.05, 4.69) is 10.3 Å². The predicted octanol–water partition coefficient (Wildman–Crippen LogP) is 1.75. The summed E-state index contributed by atoms with van der Waals surface area (Å²) < 4.78 is 5.18. The number of aromatic nitrogens is 1. The van der Waals surface area contributed by atoms with Gasteiger partial charge in [0.25, 0.3) is 0 Å². The van der Waals surface area contributed by atoms with Gasteiger partial charge < -0.3 is 20.3 Å². The van der Waals surface area contributed by atoms with Crippen LogP contribution in [-0.4, -0.2) is 41.6 Å². The third-order valence-electron chi connectivity index (χ3n) is 2.74. The minimum atomic E-state index is 0.0532. The Morgan fingerprint density at radius 3 is 2.95 bits per heavy atom. The summed E-state index contributed by atoms with van der Waals surface area (Å²) in [7, 11) is 0. The van der Waals surface area contributed by atoms with Crippen molar-refractivity contribution in [3.05, 3.63) is 30.5 Å². The highest BCUT2D eigenvalue weighted by Crippen LogP contribution is 2.24. The van der Waals surface area contributed by atoms with Crippen molar-refractivity contribution in [1.29, 1.82) is 0 Å². The van der Waals surface area contributed by atoms with Crippen LogP contribution in [0.3, 0.4) is 0 Å². The van der Waals surface area contributed by atoms with Crippen molar-refractivity contribution in [2.24, 2.45) is 0 Å². The summed E-state index contributed by atoms with van der Waals surface area (Å²) in [5, 5.41) is 23.3. The van der Waals surface area contributed by atoms with Crippen molar-refractivity contribution in [1.82, 2.24) is 4.98 Å². The molecule has 0 saturated carbocycles. The first kappa shape index (κ1) is 13.6. The number of nitrogens with one attached hydrogen (secondary N) is 1. The van der Waals surface area contributed by atoms with E-state index in [1.807, 2.05) is 12.1 Å². The largest absolute Gasteiger partial charge is 0.508 e. The van der Waals surface area contributed by atoms with E-state index < -0.39 is 0 Å². The number of ether oxygens (including phenoxy) is 1. The standard InChI is InChI=1S/C14H18N2O3/c17-7-9-19-8-1-5-15-14-13-10-12(18)3-2-11(13)4-6-16-14/h2-4,6,10,17-18H,1,5,7-9H2,(H,15,16). The molecule has 0 amide bonds. The van der Waals surface area contributed by atoms with Crippen molar-refractivity contribution in [2.75, 3.05) is 31.7 Å². The van der Waals surface area contributed by atoms with Crippen LogP contribution >= 0.6 is 0 Å². The smallest absolute Gasteiger partial charge is 0.133 e. The maximum Gasteiger partial charge on any atom is 0.133 e. The van der Waals surface area contributed by atoms with Crippen LogP contribution in [0.1, 0.15) is 6.42 Å². The number of anilines is 1. The Hall–Kier alpha value is -1.85. The van der Waals surface area contributed by atoms with Crippen molar-refractivity contribution in [3.63, 3.8) is 0 Å². The van der Waals surface area contributed by atoms with Gasteiger partial charge in [0.15, 0.2) is 0 Å². The van der Waals surface area contributed by atoms with E-state index in [1.165, 1.54) is 0 Å². The number of phenolic OH excluding ortho intramolecular Hbond substituents is 1. The Morgan fingerprint density at radius 1 is 1.21 bits per heavy atom. The molecule has 3 N–H and O–H groups in total. The quantitative estimate of drug-likeness (QED) is 0.663. The molecular weight excluding hydrogens is 244 g/mol. The van der Waals surface area contributed by atoms with Gasteiger partial charge in [-0.25, -0.2) is 4.98 Å². The molecule has 19 heavy (non-hydrogen) atoms. The van der Waals surface area contributed by atoms with Gasteiger partial charge in [-0.05, 0) is 30.0 Å². The van der Waals surface area contributed by atoms with E-state index in [0.29, 0.717) is 13.2 Å². The molecule has 5 heteroatoms. The van der Waals surface area contributed by atoms with Crippen LogP contribution in [0.5, 0.6) is 5.75 Å². The van der Waals surface area contributed by atoms with E-state index in [0.717, 1.165) is 29.6 Å². The van der Waals surface area contributed by atoms with Gasteiger partial charge in [0, 0.05) is 24.7 Å². The molecular formula is C14H18N2O3. The zero-order valence-corrected chi connectivity index (χ0v) is 10.7. The second-order valence-corrected chi connectivity index (χ2v) is 4.18. The van der Waals surface area contributed by atoms with Crippen LogP contribution in [0, 0.1) is 0 Å². The first-order valence-electron chi connectivity index (χ1n) is 6.31. The van der Waals surface area contributed by atoms with Crippen molar-refractivity contribution >= 4 is 16.6 Å². The van der Waals surface area contributed by atoms with Gasteiger partial charge in [0.1, 0.15) is 11.6 Å². The summed E-state index contributed by atoms with van der Waals surface area (Å²) >= 11 is 0. The number of hydrogen-bond acceptors (Lipinski definition) is 5. The lowest BCUT2D eigenvalue weighted by atomic mass is 10.1. The van der Waals surface area contributed by atoms with Crippen LogP contribution < -0.4 is 5.32 Å². The van der Waals surface area contributed by atoms with E-state index in [9.17, 15) is 5.11 Å².